The molecule has 0 spiro atoms. The van der Waals surface area contributed by atoms with Gasteiger partial charge in [-0.25, -0.2) is 0 Å². The van der Waals surface area contributed by atoms with Crippen LogP contribution in [0, 0.1) is 11.8 Å². The van der Waals surface area contributed by atoms with E-state index in [9.17, 15) is 19.5 Å². The molecule has 7 nitrogen and oxygen atoms in total. The molecular formula is C32H42N2O5. The Bertz CT molecular complexity index is 1040. The number of benzene rings is 2. The van der Waals surface area contributed by atoms with Gasteiger partial charge in [0.15, 0.2) is 0 Å². The standard InChI is InChI=1S/C32H42N2O5/c1-4-6-18-28(19-25-14-9-7-10-15-25)32(38)39-24(3)22-33-31(37)27(13-5-2)21-30(36)34-29(23-35)20-26-16-11-8-12-17-26/h4-5,7-12,14-17,24,27-29,35H,1-2,6,13,18-23H2,3H3,(H,33,37)(H,34,36)/t24-,27+,28+,29+/m0/s1. The summed E-state index contributed by atoms with van der Waals surface area (Å²) in [6, 6.07) is 18.9. The fourth-order valence-electron chi connectivity index (χ4n) is 4.30. The third kappa shape index (κ3) is 12.1. The van der Waals surface area contributed by atoms with Gasteiger partial charge in [-0.2, -0.15) is 0 Å². The molecule has 7 heteroatoms. The molecule has 0 aromatic heterocycles. The third-order valence-corrected chi connectivity index (χ3v) is 6.42. The van der Waals surface area contributed by atoms with Gasteiger partial charge in [0, 0.05) is 6.42 Å². The van der Waals surface area contributed by atoms with Gasteiger partial charge in [-0.1, -0.05) is 72.8 Å². The maximum atomic E-state index is 12.9. The normalized spacial score (nSPS) is 13.8. The van der Waals surface area contributed by atoms with Crippen LogP contribution in [0.2, 0.25) is 0 Å². The molecule has 0 aliphatic heterocycles. The maximum Gasteiger partial charge on any atom is 0.309 e. The van der Waals surface area contributed by atoms with E-state index in [0.717, 1.165) is 11.1 Å². The first-order valence-electron chi connectivity index (χ1n) is 13.5. The molecule has 2 aromatic carbocycles. The zero-order valence-electron chi connectivity index (χ0n) is 22.9. The van der Waals surface area contributed by atoms with Crippen molar-refractivity contribution in [2.75, 3.05) is 13.2 Å². The molecule has 2 rings (SSSR count). The second-order valence-corrected chi connectivity index (χ2v) is 9.81. The van der Waals surface area contributed by atoms with Crippen LogP contribution in [0.25, 0.3) is 0 Å². The Kier molecular flexibility index (Phi) is 14.3. The van der Waals surface area contributed by atoms with Crippen LogP contribution in [0.4, 0.5) is 0 Å². The van der Waals surface area contributed by atoms with Crippen molar-refractivity contribution in [2.24, 2.45) is 11.8 Å². The number of aliphatic hydroxyl groups is 1. The van der Waals surface area contributed by atoms with Gasteiger partial charge in [0.25, 0.3) is 0 Å². The highest BCUT2D eigenvalue weighted by molar-refractivity contribution is 5.86. The van der Waals surface area contributed by atoms with Crippen LogP contribution in [-0.4, -0.2) is 48.2 Å². The number of ether oxygens (including phenoxy) is 1. The van der Waals surface area contributed by atoms with Gasteiger partial charge in [0.05, 0.1) is 31.0 Å². The van der Waals surface area contributed by atoms with E-state index in [1.165, 1.54) is 0 Å². The molecule has 2 aromatic rings. The number of carbonyl (C=O) groups excluding carboxylic acids is 3. The highest BCUT2D eigenvalue weighted by Crippen LogP contribution is 2.17. The largest absolute Gasteiger partial charge is 0.461 e. The fourth-order valence-corrected chi connectivity index (χ4v) is 4.30. The molecule has 3 N–H and O–H groups in total. The van der Waals surface area contributed by atoms with Crippen LogP contribution in [0.15, 0.2) is 86.0 Å². The Morgan fingerprint density at radius 2 is 1.54 bits per heavy atom. The number of carbonyl (C=O) groups is 3. The predicted molar refractivity (Wildman–Crippen MR) is 154 cm³/mol. The van der Waals surface area contributed by atoms with Crippen molar-refractivity contribution in [1.29, 1.82) is 0 Å². The van der Waals surface area contributed by atoms with Gasteiger partial charge in [0.1, 0.15) is 6.10 Å². The molecule has 0 saturated heterocycles. The molecule has 0 fully saturated rings. The summed E-state index contributed by atoms with van der Waals surface area (Å²) in [7, 11) is 0. The van der Waals surface area contributed by atoms with Crippen LogP contribution in [-0.2, 0) is 32.0 Å². The Hall–Kier alpha value is -3.71. The van der Waals surface area contributed by atoms with Gasteiger partial charge >= 0.3 is 5.97 Å². The second kappa shape index (κ2) is 17.7. The molecule has 0 saturated carbocycles. The molecular weight excluding hydrogens is 492 g/mol. The van der Waals surface area contributed by atoms with E-state index in [1.807, 2.05) is 60.7 Å². The topological polar surface area (TPSA) is 105 Å². The summed E-state index contributed by atoms with van der Waals surface area (Å²) in [6.45, 7) is 9.12. The van der Waals surface area contributed by atoms with Gasteiger partial charge in [-0.3, -0.25) is 14.4 Å². The first-order valence-corrected chi connectivity index (χ1v) is 13.5. The van der Waals surface area contributed by atoms with Gasteiger partial charge in [-0.05, 0) is 50.2 Å². The molecule has 0 bridgehead atoms. The first kappa shape index (κ1) is 31.5. The van der Waals surface area contributed by atoms with Crippen molar-refractivity contribution < 1.29 is 24.2 Å². The molecule has 0 aliphatic rings. The number of esters is 1. The minimum absolute atomic E-state index is 0.0436. The molecule has 0 radical (unpaired) electrons. The lowest BCUT2D eigenvalue weighted by atomic mass is 9.95. The number of amides is 2. The molecule has 39 heavy (non-hydrogen) atoms. The van der Waals surface area contributed by atoms with Gasteiger partial charge in [0.2, 0.25) is 11.8 Å². The number of hydrogen-bond donors (Lipinski definition) is 3. The molecule has 0 heterocycles. The van der Waals surface area contributed by atoms with E-state index in [2.05, 4.69) is 23.8 Å². The monoisotopic (exact) mass is 534 g/mol. The lowest BCUT2D eigenvalue weighted by molar-refractivity contribution is -0.153. The quantitative estimate of drug-likeness (QED) is 0.197. The summed E-state index contributed by atoms with van der Waals surface area (Å²) in [4.78, 5) is 38.5. The maximum absolute atomic E-state index is 12.9. The molecule has 0 unspecified atom stereocenters. The summed E-state index contributed by atoms with van der Waals surface area (Å²) in [5.74, 6) is -1.88. The van der Waals surface area contributed by atoms with Gasteiger partial charge in [-0.15, -0.1) is 13.2 Å². The third-order valence-electron chi connectivity index (χ3n) is 6.42. The van der Waals surface area contributed by atoms with E-state index in [1.54, 1.807) is 19.1 Å². The van der Waals surface area contributed by atoms with E-state index in [4.69, 9.17) is 4.74 Å². The average molecular weight is 535 g/mol. The lowest BCUT2D eigenvalue weighted by Crippen LogP contribution is -2.42. The molecule has 210 valence electrons. The summed E-state index contributed by atoms with van der Waals surface area (Å²) in [5, 5.41) is 15.3. The Labute approximate surface area is 232 Å². The second-order valence-electron chi connectivity index (χ2n) is 9.81. The number of hydrogen-bond acceptors (Lipinski definition) is 5. The number of aliphatic hydroxyl groups excluding tert-OH is 1. The smallest absolute Gasteiger partial charge is 0.309 e. The van der Waals surface area contributed by atoms with Gasteiger partial charge < -0.3 is 20.5 Å². The Morgan fingerprint density at radius 3 is 2.10 bits per heavy atom. The summed E-state index contributed by atoms with van der Waals surface area (Å²) in [6.07, 6.45) is 5.51. The summed E-state index contributed by atoms with van der Waals surface area (Å²) in [5.41, 5.74) is 2.05. The van der Waals surface area contributed by atoms with Crippen molar-refractivity contribution in [3.63, 3.8) is 0 Å². The minimum atomic E-state index is -0.625. The van der Waals surface area contributed by atoms with Crippen molar-refractivity contribution in [2.45, 2.75) is 57.6 Å². The van der Waals surface area contributed by atoms with Crippen molar-refractivity contribution in [1.82, 2.24) is 10.6 Å². The summed E-state index contributed by atoms with van der Waals surface area (Å²) >= 11 is 0. The van der Waals surface area contributed by atoms with Crippen molar-refractivity contribution >= 4 is 17.8 Å². The molecule has 0 aliphatic carbocycles. The van der Waals surface area contributed by atoms with Crippen LogP contribution >= 0.6 is 0 Å². The highest BCUT2D eigenvalue weighted by atomic mass is 16.5. The van der Waals surface area contributed by atoms with E-state index < -0.39 is 18.1 Å². The van der Waals surface area contributed by atoms with Crippen LogP contribution < -0.4 is 10.6 Å². The minimum Gasteiger partial charge on any atom is -0.461 e. The zero-order chi connectivity index (χ0) is 28.5. The fraction of sp³-hybridized carbons (Fsp3) is 0.406. The first-order chi connectivity index (χ1) is 18.9. The average Bonchev–Trinajstić information content (AvgIpc) is 2.94. The lowest BCUT2D eigenvalue weighted by Gasteiger charge is -2.22. The SMILES string of the molecule is C=CCC[C@H](Cc1ccccc1)C(=O)O[C@@H](C)CNC(=O)[C@H](CC=C)CC(=O)N[C@@H](CO)Cc1ccccc1. The number of rotatable bonds is 18. The Morgan fingerprint density at radius 1 is 0.923 bits per heavy atom. The van der Waals surface area contributed by atoms with Crippen LogP contribution in [0.5, 0.6) is 0 Å². The number of allylic oxidation sites excluding steroid dienone is 2. The van der Waals surface area contributed by atoms with E-state index in [-0.39, 0.29) is 43.3 Å². The van der Waals surface area contributed by atoms with Crippen LogP contribution in [0.1, 0.15) is 43.7 Å². The zero-order valence-corrected chi connectivity index (χ0v) is 22.9. The van der Waals surface area contributed by atoms with Crippen molar-refractivity contribution in [3.8, 4) is 0 Å². The van der Waals surface area contributed by atoms with E-state index >= 15 is 0 Å². The van der Waals surface area contributed by atoms with Crippen molar-refractivity contribution in [3.05, 3.63) is 97.1 Å². The molecule has 2 amide bonds. The highest BCUT2D eigenvalue weighted by Gasteiger charge is 2.25. The predicted octanol–water partition coefficient (Wildman–Crippen LogP) is 4.16. The molecule has 4 atom stereocenters. The van der Waals surface area contributed by atoms with E-state index in [0.29, 0.717) is 32.1 Å². The number of nitrogens with one attached hydrogen (secondary N) is 2. The summed E-state index contributed by atoms with van der Waals surface area (Å²) < 4.78 is 5.66. The van der Waals surface area contributed by atoms with Crippen LogP contribution in [0.3, 0.4) is 0 Å². The Balaban J connectivity index is 1.86.